The Kier molecular flexibility index (Phi) is 5.64. The van der Waals surface area contributed by atoms with Crippen molar-refractivity contribution in [2.75, 3.05) is 19.0 Å². The van der Waals surface area contributed by atoms with Gasteiger partial charge in [0.25, 0.3) is 0 Å². The highest BCUT2D eigenvalue weighted by atomic mass is 32.2. The second-order valence-electron chi connectivity index (χ2n) is 5.67. The molecule has 1 atom stereocenters. The smallest absolute Gasteiger partial charge is 0.230 e. The lowest BCUT2D eigenvalue weighted by Crippen LogP contribution is -2.28. The van der Waals surface area contributed by atoms with E-state index < -0.39 is 0 Å². The molecule has 3 rings (SSSR count). The summed E-state index contributed by atoms with van der Waals surface area (Å²) in [7, 11) is 0. The van der Waals surface area contributed by atoms with Gasteiger partial charge in [0.15, 0.2) is 11.5 Å². The summed E-state index contributed by atoms with van der Waals surface area (Å²) in [4.78, 5) is 12.1. The van der Waals surface area contributed by atoms with Gasteiger partial charge in [0.05, 0.1) is 11.8 Å². The topological polar surface area (TPSA) is 47.6 Å². The lowest BCUT2D eigenvalue weighted by Gasteiger charge is -2.21. The van der Waals surface area contributed by atoms with Crippen LogP contribution in [0.2, 0.25) is 0 Å². The summed E-state index contributed by atoms with van der Waals surface area (Å²) in [6.07, 6.45) is 0. The van der Waals surface area contributed by atoms with E-state index in [9.17, 15) is 4.79 Å². The minimum Gasteiger partial charge on any atom is -0.486 e. The first-order valence-corrected chi connectivity index (χ1v) is 9.18. The van der Waals surface area contributed by atoms with E-state index in [1.54, 1.807) is 11.8 Å². The third-order valence-electron chi connectivity index (χ3n) is 3.79. The number of hydrogen-bond donors (Lipinski definition) is 1. The first-order chi connectivity index (χ1) is 11.7. The van der Waals surface area contributed by atoms with E-state index in [2.05, 4.69) is 17.4 Å². The summed E-state index contributed by atoms with van der Waals surface area (Å²) in [5.74, 6) is 2.84. The Labute approximate surface area is 146 Å². The second-order valence-corrected chi connectivity index (χ2v) is 6.66. The molecule has 1 aliphatic heterocycles. The number of hydrogen-bond acceptors (Lipinski definition) is 4. The van der Waals surface area contributed by atoms with Gasteiger partial charge in [-0.05, 0) is 30.2 Å². The number of carbonyl (C=O) groups excluding carboxylic acids is 1. The number of carbonyl (C=O) groups is 1. The Morgan fingerprint density at radius 3 is 2.67 bits per heavy atom. The fourth-order valence-electron chi connectivity index (χ4n) is 2.53. The zero-order valence-electron chi connectivity index (χ0n) is 13.7. The molecule has 0 spiro atoms. The molecule has 0 saturated carbocycles. The zero-order chi connectivity index (χ0) is 16.8. The molecular formula is C19H21NO3S. The Bertz CT molecular complexity index is 690. The van der Waals surface area contributed by atoms with Gasteiger partial charge >= 0.3 is 0 Å². The molecule has 0 fully saturated rings. The number of nitrogens with one attached hydrogen (secondary N) is 1. The average Bonchev–Trinajstić information content (AvgIpc) is 2.62. The van der Waals surface area contributed by atoms with Crippen molar-refractivity contribution in [3.05, 3.63) is 59.7 Å². The Hall–Kier alpha value is -2.14. The van der Waals surface area contributed by atoms with Crippen LogP contribution in [0.1, 0.15) is 24.1 Å². The van der Waals surface area contributed by atoms with Crippen LogP contribution in [0, 0.1) is 0 Å². The van der Waals surface area contributed by atoms with Crippen molar-refractivity contribution in [3.8, 4) is 11.5 Å². The minimum absolute atomic E-state index is 0.0401. The van der Waals surface area contributed by atoms with E-state index >= 15 is 0 Å². The molecule has 5 heteroatoms. The summed E-state index contributed by atoms with van der Waals surface area (Å²) in [5.41, 5.74) is 2.25. The number of rotatable bonds is 6. The fraction of sp³-hybridized carbons (Fsp3) is 0.316. The number of ether oxygens (including phenoxy) is 2. The van der Waals surface area contributed by atoms with Gasteiger partial charge in [-0.3, -0.25) is 4.79 Å². The molecule has 1 N–H and O–H groups in total. The number of thioether (sulfide) groups is 1. The van der Waals surface area contributed by atoms with Gasteiger partial charge in [0, 0.05) is 5.75 Å². The van der Waals surface area contributed by atoms with Gasteiger partial charge < -0.3 is 14.8 Å². The number of amides is 1. The monoisotopic (exact) mass is 343 g/mol. The third-order valence-corrected chi connectivity index (χ3v) is 4.79. The predicted octanol–water partition coefficient (Wildman–Crippen LogP) is 3.57. The van der Waals surface area contributed by atoms with Crippen LogP contribution >= 0.6 is 11.8 Å². The standard InChI is InChI=1S/C19H21NO3S/c1-14(16-7-8-17-18(11-16)23-10-9-22-17)20-19(21)13-24-12-15-5-3-2-4-6-15/h2-8,11,14H,9-10,12-13H2,1H3,(H,20,21)/t14-/m0/s1. The van der Waals surface area contributed by atoms with Gasteiger partial charge in [-0.1, -0.05) is 36.4 Å². The summed E-state index contributed by atoms with van der Waals surface area (Å²) in [6.45, 7) is 3.12. The average molecular weight is 343 g/mol. The van der Waals surface area contributed by atoms with Gasteiger partial charge in [0.2, 0.25) is 5.91 Å². The SMILES string of the molecule is C[C@H](NC(=O)CSCc1ccccc1)c1ccc2c(c1)OCCO2. The zero-order valence-corrected chi connectivity index (χ0v) is 14.5. The maximum absolute atomic E-state index is 12.1. The fourth-order valence-corrected chi connectivity index (χ4v) is 3.33. The Balaban J connectivity index is 1.49. The van der Waals surface area contributed by atoms with Gasteiger partial charge in [-0.25, -0.2) is 0 Å². The highest BCUT2D eigenvalue weighted by molar-refractivity contribution is 7.99. The van der Waals surface area contributed by atoms with Crippen LogP contribution in [0.15, 0.2) is 48.5 Å². The van der Waals surface area contributed by atoms with E-state index in [1.165, 1.54) is 5.56 Å². The van der Waals surface area contributed by atoms with Crippen molar-refractivity contribution < 1.29 is 14.3 Å². The van der Waals surface area contributed by atoms with Crippen LogP contribution in [0.3, 0.4) is 0 Å². The van der Waals surface area contributed by atoms with E-state index in [4.69, 9.17) is 9.47 Å². The Morgan fingerprint density at radius 2 is 1.88 bits per heavy atom. The maximum atomic E-state index is 12.1. The van der Waals surface area contributed by atoms with Gasteiger partial charge in [-0.2, -0.15) is 0 Å². The Morgan fingerprint density at radius 1 is 1.12 bits per heavy atom. The van der Waals surface area contributed by atoms with Crippen molar-refractivity contribution in [2.45, 2.75) is 18.7 Å². The van der Waals surface area contributed by atoms with Crippen LogP contribution in [0.5, 0.6) is 11.5 Å². The van der Waals surface area contributed by atoms with Crippen molar-refractivity contribution in [1.82, 2.24) is 5.32 Å². The third kappa shape index (κ3) is 4.45. The molecule has 24 heavy (non-hydrogen) atoms. The van der Waals surface area contributed by atoms with Gasteiger partial charge in [0.1, 0.15) is 13.2 Å². The lowest BCUT2D eigenvalue weighted by atomic mass is 10.1. The molecule has 126 valence electrons. The van der Waals surface area contributed by atoms with E-state index in [-0.39, 0.29) is 11.9 Å². The van der Waals surface area contributed by atoms with E-state index in [1.807, 2.05) is 43.3 Å². The molecule has 1 amide bonds. The molecule has 1 heterocycles. The molecule has 1 aliphatic rings. The first kappa shape index (κ1) is 16.7. The summed E-state index contributed by atoms with van der Waals surface area (Å²) in [5, 5.41) is 3.03. The molecular weight excluding hydrogens is 322 g/mol. The summed E-state index contributed by atoms with van der Waals surface area (Å²) < 4.78 is 11.1. The molecule has 0 aromatic heterocycles. The van der Waals surface area contributed by atoms with Crippen molar-refractivity contribution in [2.24, 2.45) is 0 Å². The molecule has 2 aromatic carbocycles. The molecule has 0 unspecified atom stereocenters. The van der Waals surface area contributed by atoms with Crippen molar-refractivity contribution >= 4 is 17.7 Å². The quantitative estimate of drug-likeness (QED) is 0.871. The minimum atomic E-state index is -0.0642. The predicted molar refractivity (Wildman–Crippen MR) is 96.6 cm³/mol. The summed E-state index contributed by atoms with van der Waals surface area (Å²) in [6, 6.07) is 15.9. The molecule has 4 nitrogen and oxygen atoms in total. The maximum Gasteiger partial charge on any atom is 0.230 e. The normalized spacial score (nSPS) is 14.0. The second kappa shape index (κ2) is 8.11. The highest BCUT2D eigenvalue weighted by Gasteiger charge is 2.15. The number of fused-ring (bicyclic) bond motifs is 1. The summed E-state index contributed by atoms with van der Waals surface area (Å²) >= 11 is 1.62. The lowest BCUT2D eigenvalue weighted by molar-refractivity contribution is -0.119. The van der Waals surface area contributed by atoms with Crippen LogP contribution in [0.25, 0.3) is 0 Å². The molecule has 0 bridgehead atoms. The molecule has 2 aromatic rings. The van der Waals surface area contributed by atoms with Crippen molar-refractivity contribution in [3.63, 3.8) is 0 Å². The first-order valence-electron chi connectivity index (χ1n) is 8.03. The van der Waals surface area contributed by atoms with Crippen LogP contribution in [-0.4, -0.2) is 24.9 Å². The van der Waals surface area contributed by atoms with Gasteiger partial charge in [-0.15, -0.1) is 11.8 Å². The largest absolute Gasteiger partial charge is 0.486 e. The van der Waals surface area contributed by atoms with Crippen LogP contribution in [0.4, 0.5) is 0 Å². The van der Waals surface area contributed by atoms with Crippen molar-refractivity contribution in [1.29, 1.82) is 0 Å². The van der Waals surface area contributed by atoms with E-state index in [0.29, 0.717) is 19.0 Å². The number of benzene rings is 2. The van der Waals surface area contributed by atoms with Crippen LogP contribution in [-0.2, 0) is 10.5 Å². The van der Waals surface area contributed by atoms with Crippen LogP contribution < -0.4 is 14.8 Å². The molecule has 0 saturated heterocycles. The molecule has 0 aliphatic carbocycles. The highest BCUT2D eigenvalue weighted by Crippen LogP contribution is 2.32. The molecule has 0 radical (unpaired) electrons. The van der Waals surface area contributed by atoms with E-state index in [0.717, 1.165) is 22.8 Å².